The Labute approximate surface area is 90.2 Å². The molecule has 0 aromatic carbocycles. The Morgan fingerprint density at radius 3 is 2.67 bits per heavy atom. The number of hydrogen-bond acceptors (Lipinski definition) is 5. The second-order valence-corrected chi connectivity index (χ2v) is 3.80. The van der Waals surface area contributed by atoms with Crippen LogP contribution in [0.25, 0.3) is 0 Å². The molecule has 5 heteroatoms. The summed E-state index contributed by atoms with van der Waals surface area (Å²) in [7, 11) is 0. The second kappa shape index (κ2) is 5.70. The van der Waals surface area contributed by atoms with Gasteiger partial charge in [-0.1, -0.05) is 19.0 Å². The largest absolute Gasteiger partial charge is 0.380 e. The van der Waals surface area contributed by atoms with E-state index in [1.54, 1.807) is 6.92 Å². The Kier molecular flexibility index (Phi) is 4.55. The van der Waals surface area contributed by atoms with Gasteiger partial charge in [-0.3, -0.25) is 0 Å². The minimum atomic E-state index is 0.199. The maximum Gasteiger partial charge on any atom is 0.321 e. The zero-order valence-electron chi connectivity index (χ0n) is 9.78. The van der Waals surface area contributed by atoms with Crippen molar-refractivity contribution in [2.45, 2.75) is 33.7 Å². The molecule has 0 saturated carbocycles. The molecule has 5 nitrogen and oxygen atoms in total. The van der Waals surface area contributed by atoms with E-state index >= 15 is 0 Å². The topological polar surface area (TPSA) is 60.2 Å². The van der Waals surface area contributed by atoms with E-state index in [1.807, 2.05) is 6.92 Å². The van der Waals surface area contributed by atoms with E-state index in [9.17, 15) is 0 Å². The molecule has 0 fully saturated rings. The Bertz CT molecular complexity index is 286. The van der Waals surface area contributed by atoms with Gasteiger partial charge in [0.25, 0.3) is 0 Å². The monoisotopic (exact) mass is 213 g/mol. The van der Waals surface area contributed by atoms with Crippen molar-refractivity contribution in [2.24, 2.45) is 5.92 Å². The van der Waals surface area contributed by atoms with Gasteiger partial charge in [0, 0.05) is 6.61 Å². The van der Waals surface area contributed by atoms with E-state index in [0.29, 0.717) is 31.0 Å². The van der Waals surface area contributed by atoms with Crippen molar-refractivity contribution in [3.63, 3.8) is 0 Å². The number of ether oxygens (including phenoxy) is 1. The average molecular weight is 213 g/mol. The number of rotatable bonds is 6. The van der Waals surface area contributed by atoms with E-state index in [4.69, 9.17) is 9.26 Å². The standard InChI is InChI=1S/C10H19N3O2/c1-5-14-6-9(7(2)3)12-10-11-8(4)13-15-10/h7,9H,5-6H2,1-4H3,(H,11,12,13). The van der Waals surface area contributed by atoms with Crippen LogP contribution in [0.4, 0.5) is 6.01 Å². The minimum absolute atomic E-state index is 0.199. The van der Waals surface area contributed by atoms with Gasteiger partial charge in [-0.2, -0.15) is 4.98 Å². The molecule has 0 saturated heterocycles. The lowest BCUT2D eigenvalue weighted by atomic mass is 10.1. The first-order chi connectivity index (χ1) is 7.13. The van der Waals surface area contributed by atoms with Crippen LogP contribution in [0.2, 0.25) is 0 Å². The van der Waals surface area contributed by atoms with Crippen LogP contribution in [0.3, 0.4) is 0 Å². The molecule has 1 aromatic rings. The van der Waals surface area contributed by atoms with Crippen molar-refractivity contribution in [1.29, 1.82) is 0 Å². The Morgan fingerprint density at radius 1 is 1.47 bits per heavy atom. The maximum absolute atomic E-state index is 5.38. The molecule has 1 aromatic heterocycles. The van der Waals surface area contributed by atoms with Crippen molar-refractivity contribution >= 4 is 6.01 Å². The summed E-state index contributed by atoms with van der Waals surface area (Å²) in [6, 6.07) is 0.663. The Balaban J connectivity index is 2.50. The number of nitrogens with one attached hydrogen (secondary N) is 1. The third-order valence-corrected chi connectivity index (χ3v) is 2.14. The second-order valence-electron chi connectivity index (χ2n) is 3.80. The smallest absolute Gasteiger partial charge is 0.321 e. The van der Waals surface area contributed by atoms with E-state index in [-0.39, 0.29) is 6.04 Å². The highest BCUT2D eigenvalue weighted by Crippen LogP contribution is 2.10. The van der Waals surface area contributed by atoms with Gasteiger partial charge in [0.2, 0.25) is 0 Å². The molecule has 0 radical (unpaired) electrons. The molecule has 86 valence electrons. The van der Waals surface area contributed by atoms with Gasteiger partial charge in [0.05, 0.1) is 12.6 Å². The molecule has 0 spiro atoms. The lowest BCUT2D eigenvalue weighted by molar-refractivity contribution is 0.125. The summed E-state index contributed by atoms with van der Waals surface area (Å²) in [5.41, 5.74) is 0. The third kappa shape index (κ3) is 3.87. The fraction of sp³-hybridized carbons (Fsp3) is 0.800. The van der Waals surface area contributed by atoms with Crippen LogP contribution in [0, 0.1) is 12.8 Å². The third-order valence-electron chi connectivity index (χ3n) is 2.14. The molecule has 0 aliphatic carbocycles. The van der Waals surface area contributed by atoms with Crippen LogP contribution in [-0.4, -0.2) is 29.4 Å². The minimum Gasteiger partial charge on any atom is -0.380 e. The fourth-order valence-corrected chi connectivity index (χ4v) is 1.16. The van der Waals surface area contributed by atoms with Gasteiger partial charge in [-0.15, -0.1) is 0 Å². The summed E-state index contributed by atoms with van der Waals surface area (Å²) < 4.78 is 10.4. The van der Waals surface area contributed by atoms with Crippen molar-refractivity contribution in [2.75, 3.05) is 18.5 Å². The molecular weight excluding hydrogens is 194 g/mol. The highest BCUT2D eigenvalue weighted by molar-refractivity contribution is 5.20. The van der Waals surface area contributed by atoms with Crippen LogP contribution in [0.5, 0.6) is 0 Å². The first-order valence-corrected chi connectivity index (χ1v) is 5.28. The van der Waals surface area contributed by atoms with E-state index in [2.05, 4.69) is 29.3 Å². The molecule has 0 bridgehead atoms. The summed E-state index contributed by atoms with van der Waals surface area (Å²) in [6.45, 7) is 9.39. The highest BCUT2D eigenvalue weighted by atomic mass is 16.5. The molecule has 1 unspecified atom stereocenters. The Morgan fingerprint density at radius 2 is 2.20 bits per heavy atom. The quantitative estimate of drug-likeness (QED) is 0.781. The summed E-state index contributed by atoms with van der Waals surface area (Å²) in [6.07, 6.45) is 0. The van der Waals surface area contributed by atoms with Crippen LogP contribution < -0.4 is 5.32 Å². The van der Waals surface area contributed by atoms with Gasteiger partial charge in [-0.05, 0) is 19.8 Å². The first kappa shape index (κ1) is 12.0. The predicted octanol–water partition coefficient (Wildman–Crippen LogP) is 1.85. The zero-order valence-corrected chi connectivity index (χ0v) is 9.78. The fourth-order valence-electron chi connectivity index (χ4n) is 1.16. The molecule has 15 heavy (non-hydrogen) atoms. The highest BCUT2D eigenvalue weighted by Gasteiger charge is 2.15. The molecule has 0 amide bonds. The van der Waals surface area contributed by atoms with E-state index < -0.39 is 0 Å². The average Bonchev–Trinajstić information content (AvgIpc) is 2.58. The SMILES string of the molecule is CCOCC(Nc1nc(C)no1)C(C)C. The zero-order chi connectivity index (χ0) is 11.3. The van der Waals surface area contributed by atoms with Crippen LogP contribution >= 0.6 is 0 Å². The molecule has 1 N–H and O–H groups in total. The summed E-state index contributed by atoms with van der Waals surface area (Å²) >= 11 is 0. The Hall–Kier alpha value is -1.10. The number of aromatic nitrogens is 2. The number of nitrogens with zero attached hydrogens (tertiary/aromatic N) is 2. The van der Waals surface area contributed by atoms with Crippen molar-refractivity contribution in [3.8, 4) is 0 Å². The van der Waals surface area contributed by atoms with Gasteiger partial charge < -0.3 is 14.6 Å². The number of aryl methyl sites for hydroxylation is 1. The normalized spacial score (nSPS) is 13.1. The lowest BCUT2D eigenvalue weighted by Gasteiger charge is -2.20. The number of anilines is 1. The van der Waals surface area contributed by atoms with Crippen LogP contribution in [-0.2, 0) is 4.74 Å². The molecule has 1 heterocycles. The van der Waals surface area contributed by atoms with Crippen LogP contribution in [0.1, 0.15) is 26.6 Å². The molecule has 0 aliphatic heterocycles. The lowest BCUT2D eigenvalue weighted by Crippen LogP contribution is -2.31. The van der Waals surface area contributed by atoms with Crippen molar-refractivity contribution in [1.82, 2.24) is 10.1 Å². The summed E-state index contributed by atoms with van der Waals surface area (Å²) in [5.74, 6) is 1.08. The van der Waals surface area contributed by atoms with Crippen molar-refractivity contribution < 1.29 is 9.26 Å². The summed E-state index contributed by atoms with van der Waals surface area (Å²) in [5, 5.41) is 6.89. The van der Waals surface area contributed by atoms with E-state index in [1.165, 1.54) is 0 Å². The maximum atomic E-state index is 5.38. The molecule has 1 atom stereocenters. The van der Waals surface area contributed by atoms with Crippen molar-refractivity contribution in [3.05, 3.63) is 5.82 Å². The van der Waals surface area contributed by atoms with Gasteiger partial charge in [-0.25, -0.2) is 0 Å². The number of hydrogen-bond donors (Lipinski definition) is 1. The van der Waals surface area contributed by atoms with Gasteiger partial charge >= 0.3 is 6.01 Å². The van der Waals surface area contributed by atoms with Crippen LogP contribution in [0.15, 0.2) is 4.52 Å². The molecular formula is C10H19N3O2. The first-order valence-electron chi connectivity index (χ1n) is 5.28. The molecule has 1 rings (SSSR count). The van der Waals surface area contributed by atoms with Gasteiger partial charge in [0.1, 0.15) is 0 Å². The predicted molar refractivity (Wildman–Crippen MR) is 57.8 cm³/mol. The van der Waals surface area contributed by atoms with E-state index in [0.717, 1.165) is 0 Å². The summed E-state index contributed by atoms with van der Waals surface area (Å²) in [4.78, 5) is 4.10. The van der Waals surface area contributed by atoms with Gasteiger partial charge in [0.15, 0.2) is 5.82 Å². The molecule has 0 aliphatic rings.